The maximum atomic E-state index is 13.7. The van der Waals surface area contributed by atoms with E-state index >= 15 is 0 Å². The van der Waals surface area contributed by atoms with Crippen molar-refractivity contribution in [3.05, 3.63) is 63.6 Å². The van der Waals surface area contributed by atoms with Gasteiger partial charge in [0.2, 0.25) is 5.82 Å². The van der Waals surface area contributed by atoms with Crippen molar-refractivity contribution in [1.29, 1.82) is 0 Å². The number of non-ortho nitro benzene ring substituents is 1. The molecular weight excluding hydrogens is 355 g/mol. The number of hydrogen-bond acceptors (Lipinski definition) is 3. The lowest BCUT2D eigenvalue weighted by atomic mass is 10.2. The van der Waals surface area contributed by atoms with Gasteiger partial charge in [-0.2, -0.15) is 0 Å². The van der Waals surface area contributed by atoms with Crippen LogP contribution >= 0.6 is 11.8 Å². The molecule has 3 aromatic rings. The molecule has 1 heterocycles. The number of halogens is 5. The standard InChI is InChI=1S/C14H5F5N2O2S/c15-9-10(16)12(18)14(13(19)11(9)17)24-8-4-20-7-2-1-5(21(22)23)3-6(7)8/h1-4,20H. The average Bonchev–Trinajstić information content (AvgIpc) is 2.97. The Balaban J connectivity index is 2.14. The third-order valence-corrected chi connectivity index (χ3v) is 4.34. The molecule has 0 bridgehead atoms. The molecule has 1 N–H and O–H groups in total. The number of nitrogens with zero attached hydrogens (tertiary/aromatic N) is 1. The summed E-state index contributed by atoms with van der Waals surface area (Å²) in [5.74, 6) is -10.3. The Kier molecular flexibility index (Phi) is 3.91. The van der Waals surface area contributed by atoms with E-state index in [1.165, 1.54) is 18.3 Å². The molecule has 2 aromatic carbocycles. The van der Waals surface area contributed by atoms with Crippen molar-refractivity contribution in [3.63, 3.8) is 0 Å². The Bertz CT molecular complexity index is 960. The molecule has 0 unspecified atom stereocenters. The van der Waals surface area contributed by atoms with E-state index in [9.17, 15) is 32.1 Å². The van der Waals surface area contributed by atoms with Gasteiger partial charge in [0.25, 0.3) is 5.69 Å². The van der Waals surface area contributed by atoms with Gasteiger partial charge in [0, 0.05) is 34.1 Å². The van der Waals surface area contributed by atoms with E-state index in [0.29, 0.717) is 5.52 Å². The van der Waals surface area contributed by atoms with Gasteiger partial charge in [-0.1, -0.05) is 11.8 Å². The summed E-state index contributed by atoms with van der Waals surface area (Å²) in [6.07, 6.45) is 1.26. The van der Waals surface area contributed by atoms with Crippen LogP contribution in [0.15, 0.2) is 34.2 Å². The van der Waals surface area contributed by atoms with Crippen molar-refractivity contribution in [2.45, 2.75) is 9.79 Å². The molecule has 0 radical (unpaired) electrons. The topological polar surface area (TPSA) is 58.9 Å². The van der Waals surface area contributed by atoms with Gasteiger partial charge < -0.3 is 4.98 Å². The van der Waals surface area contributed by atoms with E-state index in [0.717, 1.165) is 6.07 Å². The molecule has 0 atom stereocenters. The smallest absolute Gasteiger partial charge is 0.270 e. The van der Waals surface area contributed by atoms with Crippen LogP contribution in [0.4, 0.5) is 27.6 Å². The van der Waals surface area contributed by atoms with E-state index in [2.05, 4.69) is 4.98 Å². The van der Waals surface area contributed by atoms with Gasteiger partial charge in [-0.25, -0.2) is 22.0 Å². The summed E-state index contributed by atoms with van der Waals surface area (Å²) in [5.41, 5.74) is 0.133. The molecule has 3 rings (SSSR count). The predicted molar refractivity (Wildman–Crippen MR) is 75.3 cm³/mol. The minimum atomic E-state index is -2.25. The summed E-state index contributed by atoms with van der Waals surface area (Å²) in [6.45, 7) is 0. The lowest BCUT2D eigenvalue weighted by Gasteiger charge is -2.07. The monoisotopic (exact) mass is 360 g/mol. The summed E-state index contributed by atoms with van der Waals surface area (Å²) in [7, 11) is 0. The minimum Gasteiger partial charge on any atom is -0.360 e. The van der Waals surface area contributed by atoms with Crippen LogP contribution in [-0.4, -0.2) is 9.91 Å². The summed E-state index contributed by atoms with van der Waals surface area (Å²) in [5, 5.41) is 11.0. The van der Waals surface area contributed by atoms with Gasteiger partial charge in [0.15, 0.2) is 23.3 Å². The van der Waals surface area contributed by atoms with Crippen LogP contribution in [0.3, 0.4) is 0 Å². The molecule has 24 heavy (non-hydrogen) atoms. The van der Waals surface area contributed by atoms with Gasteiger partial charge in [-0.05, 0) is 6.07 Å². The minimum absolute atomic E-state index is 0.0805. The van der Waals surface area contributed by atoms with Crippen LogP contribution in [0.2, 0.25) is 0 Å². The number of nitro benzene ring substituents is 1. The third kappa shape index (κ3) is 2.48. The second-order valence-corrected chi connectivity index (χ2v) is 5.69. The third-order valence-electron chi connectivity index (χ3n) is 3.22. The molecule has 0 fully saturated rings. The molecule has 0 amide bonds. The number of nitrogens with one attached hydrogen (secondary N) is 1. The number of nitro groups is 1. The number of fused-ring (bicyclic) bond motifs is 1. The lowest BCUT2D eigenvalue weighted by Crippen LogP contribution is -2.03. The molecule has 0 saturated heterocycles. The van der Waals surface area contributed by atoms with Crippen LogP contribution in [0, 0.1) is 39.2 Å². The maximum Gasteiger partial charge on any atom is 0.270 e. The molecule has 0 aliphatic rings. The lowest BCUT2D eigenvalue weighted by molar-refractivity contribution is -0.384. The van der Waals surface area contributed by atoms with E-state index in [4.69, 9.17) is 0 Å². The van der Waals surface area contributed by atoms with Crippen molar-refractivity contribution >= 4 is 28.4 Å². The highest BCUT2D eigenvalue weighted by Gasteiger charge is 2.27. The Hall–Kier alpha value is -2.62. The number of benzene rings is 2. The van der Waals surface area contributed by atoms with E-state index < -0.39 is 38.9 Å². The number of aromatic amines is 1. The molecule has 0 saturated carbocycles. The van der Waals surface area contributed by atoms with Gasteiger partial charge in [0.05, 0.1) is 9.82 Å². The highest BCUT2D eigenvalue weighted by Crippen LogP contribution is 2.39. The van der Waals surface area contributed by atoms with Crippen LogP contribution < -0.4 is 0 Å². The number of hydrogen-bond donors (Lipinski definition) is 1. The average molecular weight is 360 g/mol. The zero-order valence-corrected chi connectivity index (χ0v) is 12.2. The fraction of sp³-hybridized carbons (Fsp3) is 0. The Morgan fingerprint density at radius 1 is 0.958 bits per heavy atom. The summed E-state index contributed by atoms with van der Waals surface area (Å²) in [6, 6.07) is 3.72. The van der Waals surface area contributed by atoms with Crippen molar-refractivity contribution < 1.29 is 26.9 Å². The number of H-pyrrole nitrogens is 1. The van der Waals surface area contributed by atoms with Crippen LogP contribution in [0.25, 0.3) is 10.9 Å². The van der Waals surface area contributed by atoms with E-state index in [-0.39, 0.29) is 27.7 Å². The first kappa shape index (κ1) is 16.2. The van der Waals surface area contributed by atoms with Gasteiger partial charge in [-0.3, -0.25) is 10.1 Å². The van der Waals surface area contributed by atoms with Gasteiger partial charge >= 0.3 is 0 Å². The van der Waals surface area contributed by atoms with Gasteiger partial charge in [0.1, 0.15) is 0 Å². The molecule has 4 nitrogen and oxygen atoms in total. The summed E-state index contributed by atoms with van der Waals surface area (Å²) < 4.78 is 67.0. The molecule has 10 heteroatoms. The van der Waals surface area contributed by atoms with Crippen LogP contribution in [0.1, 0.15) is 0 Å². The largest absolute Gasteiger partial charge is 0.360 e. The van der Waals surface area contributed by atoms with Crippen molar-refractivity contribution in [2.24, 2.45) is 0 Å². The predicted octanol–water partition coefficient (Wildman–Crippen LogP) is 4.92. The van der Waals surface area contributed by atoms with Gasteiger partial charge in [-0.15, -0.1) is 0 Å². The molecule has 0 aliphatic heterocycles. The zero-order valence-electron chi connectivity index (χ0n) is 11.4. The first-order valence-corrected chi connectivity index (χ1v) is 7.07. The maximum absolute atomic E-state index is 13.7. The summed E-state index contributed by atoms with van der Waals surface area (Å²) in [4.78, 5) is 11.8. The summed E-state index contributed by atoms with van der Waals surface area (Å²) >= 11 is 0.284. The van der Waals surface area contributed by atoms with Crippen molar-refractivity contribution in [3.8, 4) is 0 Å². The Morgan fingerprint density at radius 3 is 2.12 bits per heavy atom. The zero-order chi connectivity index (χ0) is 17.6. The fourth-order valence-electron chi connectivity index (χ4n) is 2.07. The van der Waals surface area contributed by atoms with E-state index in [1.807, 2.05) is 0 Å². The molecule has 0 aliphatic carbocycles. The first-order chi connectivity index (χ1) is 11.3. The van der Waals surface area contributed by atoms with E-state index in [1.54, 1.807) is 0 Å². The van der Waals surface area contributed by atoms with Crippen molar-refractivity contribution in [2.75, 3.05) is 0 Å². The first-order valence-electron chi connectivity index (χ1n) is 6.26. The SMILES string of the molecule is O=[N+]([O-])c1ccc2[nH]cc(Sc3c(F)c(F)c(F)c(F)c3F)c2c1. The fourth-order valence-corrected chi connectivity index (χ4v) is 3.04. The molecule has 1 aromatic heterocycles. The van der Waals surface area contributed by atoms with Crippen LogP contribution in [-0.2, 0) is 0 Å². The Labute approximate surface area is 134 Å². The number of rotatable bonds is 3. The normalized spacial score (nSPS) is 11.2. The highest BCUT2D eigenvalue weighted by atomic mass is 32.2. The number of aromatic nitrogens is 1. The Morgan fingerprint density at radius 2 is 1.54 bits per heavy atom. The highest BCUT2D eigenvalue weighted by molar-refractivity contribution is 7.99. The quantitative estimate of drug-likeness (QED) is 0.237. The molecular formula is C14H5F5N2O2S. The molecule has 0 spiro atoms. The van der Waals surface area contributed by atoms with Crippen molar-refractivity contribution in [1.82, 2.24) is 4.98 Å². The van der Waals surface area contributed by atoms with Crippen LogP contribution in [0.5, 0.6) is 0 Å². The second-order valence-electron chi connectivity index (χ2n) is 4.64. The molecule has 124 valence electrons. The second kappa shape index (κ2) is 5.78.